The van der Waals surface area contributed by atoms with Crippen LogP contribution in [0.15, 0.2) is 87.8 Å². The molecule has 41 heavy (non-hydrogen) atoms. The predicted octanol–water partition coefficient (Wildman–Crippen LogP) is 4.66. The highest BCUT2D eigenvalue weighted by Crippen LogP contribution is 2.30. The monoisotopic (exact) mass is 576 g/mol. The highest BCUT2D eigenvalue weighted by molar-refractivity contribution is 7.07. The van der Waals surface area contributed by atoms with Crippen LogP contribution in [0, 0.1) is 11.6 Å². The molecule has 5 rings (SSSR count). The maximum absolute atomic E-state index is 14.1. The molecule has 0 saturated heterocycles. The van der Waals surface area contributed by atoms with Gasteiger partial charge in [0.2, 0.25) is 0 Å². The fraction of sp³-hybridized carbons (Fsp3) is 0.194. The van der Waals surface area contributed by atoms with E-state index in [4.69, 9.17) is 14.2 Å². The molecular weight excluding hydrogens is 550 g/mol. The number of esters is 1. The summed E-state index contributed by atoms with van der Waals surface area (Å²) >= 11 is 1.21. The molecular formula is C31H26F2N2O5S. The Balaban J connectivity index is 1.56. The van der Waals surface area contributed by atoms with Gasteiger partial charge in [0.25, 0.3) is 5.56 Å². The number of fused-ring (bicyclic) bond motifs is 1. The van der Waals surface area contributed by atoms with E-state index in [0.29, 0.717) is 37.5 Å². The molecule has 2 heterocycles. The van der Waals surface area contributed by atoms with Crippen molar-refractivity contribution in [3.05, 3.63) is 126 Å². The van der Waals surface area contributed by atoms with Gasteiger partial charge in [0.15, 0.2) is 16.4 Å². The number of carbonyl (C=O) groups excluding carboxylic acids is 1. The minimum Gasteiger partial charge on any atom is -0.496 e. The van der Waals surface area contributed by atoms with Crippen LogP contribution in [0.3, 0.4) is 0 Å². The molecule has 0 saturated carbocycles. The van der Waals surface area contributed by atoms with Gasteiger partial charge < -0.3 is 14.2 Å². The van der Waals surface area contributed by atoms with E-state index in [1.165, 1.54) is 29.1 Å². The third-order valence-corrected chi connectivity index (χ3v) is 7.49. The number of hydrogen-bond donors (Lipinski definition) is 0. The van der Waals surface area contributed by atoms with Crippen LogP contribution < -0.4 is 24.4 Å². The lowest BCUT2D eigenvalue weighted by Gasteiger charge is -2.24. The lowest BCUT2D eigenvalue weighted by molar-refractivity contribution is -0.139. The Hall–Kier alpha value is -4.57. The summed E-state index contributed by atoms with van der Waals surface area (Å²) in [5.41, 5.74) is 2.52. The number of thiazole rings is 1. The molecule has 0 spiro atoms. The average molecular weight is 577 g/mol. The second-order valence-corrected chi connectivity index (χ2v) is 10.2. The highest BCUT2D eigenvalue weighted by atomic mass is 32.1. The third-order valence-electron chi connectivity index (χ3n) is 6.51. The van der Waals surface area contributed by atoms with Gasteiger partial charge in [-0.05, 0) is 55.3 Å². The molecule has 1 aliphatic heterocycles. The number of nitrogens with zero attached hydrogens (tertiary/aromatic N) is 2. The van der Waals surface area contributed by atoms with Crippen molar-refractivity contribution in [3.63, 3.8) is 0 Å². The van der Waals surface area contributed by atoms with Gasteiger partial charge in [-0.3, -0.25) is 9.36 Å². The minimum absolute atomic E-state index is 0.0508. The van der Waals surface area contributed by atoms with Crippen LogP contribution in [0.2, 0.25) is 0 Å². The number of hydrogen-bond acceptors (Lipinski definition) is 7. The van der Waals surface area contributed by atoms with Crippen molar-refractivity contribution in [2.45, 2.75) is 26.5 Å². The summed E-state index contributed by atoms with van der Waals surface area (Å²) < 4.78 is 45.6. The van der Waals surface area contributed by atoms with Crippen molar-refractivity contribution in [1.82, 2.24) is 4.57 Å². The highest BCUT2D eigenvalue weighted by Gasteiger charge is 2.33. The number of ether oxygens (including phenoxy) is 3. The van der Waals surface area contributed by atoms with E-state index in [2.05, 4.69) is 4.99 Å². The van der Waals surface area contributed by atoms with Crippen LogP contribution in [0.4, 0.5) is 8.78 Å². The second kappa shape index (κ2) is 11.9. The molecule has 10 heteroatoms. The van der Waals surface area contributed by atoms with E-state index in [0.717, 1.165) is 17.7 Å². The Morgan fingerprint density at radius 1 is 1.07 bits per heavy atom. The van der Waals surface area contributed by atoms with E-state index in [-0.39, 0.29) is 24.5 Å². The van der Waals surface area contributed by atoms with Crippen LogP contribution in [-0.4, -0.2) is 24.3 Å². The molecule has 210 valence electrons. The second-order valence-electron chi connectivity index (χ2n) is 9.15. The molecule has 7 nitrogen and oxygen atoms in total. The van der Waals surface area contributed by atoms with E-state index in [1.54, 1.807) is 38.1 Å². The van der Waals surface area contributed by atoms with E-state index in [9.17, 15) is 18.4 Å². The summed E-state index contributed by atoms with van der Waals surface area (Å²) in [7, 11) is 1.50. The lowest BCUT2D eigenvalue weighted by Crippen LogP contribution is -2.39. The number of allylic oxidation sites excluding steroid dienone is 1. The van der Waals surface area contributed by atoms with Gasteiger partial charge in [0.1, 0.15) is 18.2 Å². The molecule has 0 radical (unpaired) electrons. The Kier molecular flexibility index (Phi) is 8.11. The number of halogens is 2. The fourth-order valence-electron chi connectivity index (χ4n) is 4.64. The Bertz CT molecular complexity index is 1830. The van der Waals surface area contributed by atoms with Crippen molar-refractivity contribution >= 4 is 23.4 Å². The first-order chi connectivity index (χ1) is 19.8. The van der Waals surface area contributed by atoms with Crippen LogP contribution >= 0.6 is 11.3 Å². The molecule has 0 fully saturated rings. The van der Waals surface area contributed by atoms with Crippen molar-refractivity contribution in [2.75, 3.05) is 13.7 Å². The summed E-state index contributed by atoms with van der Waals surface area (Å²) in [6.07, 6.45) is 1.72. The number of benzene rings is 3. The number of methoxy groups -OCH3 is 1. The molecule has 3 aromatic carbocycles. The van der Waals surface area contributed by atoms with Gasteiger partial charge >= 0.3 is 5.97 Å². The first-order valence-electron chi connectivity index (χ1n) is 12.8. The third kappa shape index (κ3) is 5.69. The summed E-state index contributed by atoms with van der Waals surface area (Å²) in [6, 6.07) is 16.9. The molecule has 0 N–H and O–H groups in total. The van der Waals surface area contributed by atoms with Crippen molar-refractivity contribution in [2.24, 2.45) is 4.99 Å². The van der Waals surface area contributed by atoms with Crippen LogP contribution in [0.25, 0.3) is 6.08 Å². The maximum atomic E-state index is 14.1. The Morgan fingerprint density at radius 3 is 2.54 bits per heavy atom. The first kappa shape index (κ1) is 28.0. The molecule has 1 unspecified atom stereocenters. The molecule has 4 aromatic rings. The van der Waals surface area contributed by atoms with E-state index < -0.39 is 23.6 Å². The molecule has 1 aliphatic rings. The summed E-state index contributed by atoms with van der Waals surface area (Å²) in [6.45, 7) is 3.60. The van der Waals surface area contributed by atoms with Gasteiger partial charge in [-0.15, -0.1) is 0 Å². The molecule has 0 aliphatic carbocycles. The van der Waals surface area contributed by atoms with E-state index in [1.807, 2.05) is 30.3 Å². The SMILES string of the molecule is CCOC(=O)C1=C(C)N=c2sc(=Cc3ccc(OC)c(COc4ccc(F)cc4F)c3)c(=O)n2C1c1ccccc1. The quantitative estimate of drug-likeness (QED) is 0.285. The zero-order chi connectivity index (χ0) is 29.1. The maximum Gasteiger partial charge on any atom is 0.338 e. The van der Waals surface area contributed by atoms with E-state index >= 15 is 0 Å². The summed E-state index contributed by atoms with van der Waals surface area (Å²) in [5.74, 6) is -1.62. The first-order valence-corrected chi connectivity index (χ1v) is 13.6. The number of aromatic nitrogens is 1. The van der Waals surface area contributed by atoms with Crippen LogP contribution in [-0.2, 0) is 16.1 Å². The fourth-order valence-corrected chi connectivity index (χ4v) is 5.69. The zero-order valence-electron chi connectivity index (χ0n) is 22.5. The largest absolute Gasteiger partial charge is 0.496 e. The van der Waals surface area contributed by atoms with Crippen LogP contribution in [0.1, 0.15) is 36.6 Å². The van der Waals surface area contributed by atoms with Gasteiger partial charge in [0.05, 0.1) is 35.6 Å². The van der Waals surface area contributed by atoms with Crippen molar-refractivity contribution < 1.29 is 27.8 Å². The smallest absolute Gasteiger partial charge is 0.338 e. The van der Waals surface area contributed by atoms with Crippen LogP contribution in [0.5, 0.6) is 11.5 Å². The minimum atomic E-state index is -0.813. The Labute approximate surface area is 238 Å². The van der Waals surface area contributed by atoms with Gasteiger partial charge in [-0.25, -0.2) is 18.6 Å². The topological polar surface area (TPSA) is 79.1 Å². The van der Waals surface area contributed by atoms with Gasteiger partial charge in [0, 0.05) is 11.6 Å². The summed E-state index contributed by atoms with van der Waals surface area (Å²) in [4.78, 5) is 31.8. The van der Waals surface area contributed by atoms with Gasteiger partial charge in [-0.2, -0.15) is 0 Å². The normalized spacial score (nSPS) is 14.9. The van der Waals surface area contributed by atoms with Crippen molar-refractivity contribution in [1.29, 1.82) is 0 Å². The summed E-state index contributed by atoms with van der Waals surface area (Å²) in [5, 5.41) is 0. The van der Waals surface area contributed by atoms with Crippen molar-refractivity contribution in [3.8, 4) is 11.5 Å². The van der Waals surface area contributed by atoms with Gasteiger partial charge in [-0.1, -0.05) is 47.7 Å². The predicted molar refractivity (Wildman–Crippen MR) is 151 cm³/mol. The molecule has 1 atom stereocenters. The Morgan fingerprint density at radius 2 is 1.83 bits per heavy atom. The molecule has 0 bridgehead atoms. The zero-order valence-corrected chi connectivity index (χ0v) is 23.3. The lowest BCUT2D eigenvalue weighted by atomic mass is 9.96. The average Bonchev–Trinajstić information content (AvgIpc) is 3.26. The standard InChI is InChI=1S/C31H26F2N2O5S/c1-4-39-30(37)27-18(2)34-31-35(28(27)20-8-6-5-7-9-20)29(36)26(41-31)15-19-10-12-24(38-3)21(14-19)17-40-25-13-11-22(32)16-23(25)33/h5-16,28H,4,17H2,1-3H3. The molecule has 1 aromatic heterocycles. The number of carbonyl (C=O) groups is 1. The number of rotatable bonds is 8. The molecule has 0 amide bonds.